The molecule has 0 bridgehead atoms. The highest BCUT2D eigenvalue weighted by Gasteiger charge is 2.08. The van der Waals surface area contributed by atoms with Crippen LogP contribution in [-0.2, 0) is 0 Å². The lowest BCUT2D eigenvalue weighted by Gasteiger charge is -2.16. The minimum atomic E-state index is 0.221. The Kier molecular flexibility index (Phi) is 4.34. The second kappa shape index (κ2) is 5.53. The van der Waals surface area contributed by atoms with Gasteiger partial charge in [0.25, 0.3) is 0 Å². The van der Waals surface area contributed by atoms with Gasteiger partial charge < -0.3 is 15.8 Å². The number of rotatable bonds is 5. The molecule has 1 rings (SSSR count). The van der Waals surface area contributed by atoms with Crippen LogP contribution in [0.5, 0.6) is 5.88 Å². The third kappa shape index (κ3) is 3.56. The Morgan fingerprint density at radius 1 is 1.38 bits per heavy atom. The average molecular weight is 224 g/mol. The van der Waals surface area contributed by atoms with Gasteiger partial charge >= 0.3 is 0 Å². The van der Waals surface area contributed by atoms with Crippen LogP contribution >= 0.6 is 0 Å². The van der Waals surface area contributed by atoms with Crippen molar-refractivity contribution in [3.05, 3.63) is 6.07 Å². The second-order valence-electron chi connectivity index (χ2n) is 4.26. The Labute approximate surface area is 96.4 Å². The summed E-state index contributed by atoms with van der Waals surface area (Å²) in [7, 11) is 1.56. The van der Waals surface area contributed by atoms with Gasteiger partial charge in [0, 0.05) is 12.6 Å². The van der Waals surface area contributed by atoms with E-state index in [9.17, 15) is 0 Å². The molecule has 0 amide bonds. The first kappa shape index (κ1) is 12.5. The number of anilines is 2. The molecule has 0 saturated carbocycles. The van der Waals surface area contributed by atoms with Crippen molar-refractivity contribution in [2.45, 2.75) is 20.8 Å². The molecule has 0 aliphatic carbocycles. The summed E-state index contributed by atoms with van der Waals surface area (Å²) in [6.07, 6.45) is 0. The van der Waals surface area contributed by atoms with Crippen molar-refractivity contribution in [2.75, 3.05) is 24.7 Å². The topological polar surface area (TPSA) is 73.1 Å². The number of aromatic nitrogens is 2. The van der Waals surface area contributed by atoms with Crippen LogP contribution in [0, 0.1) is 11.8 Å². The Hall–Kier alpha value is -1.52. The predicted octanol–water partition coefficient (Wildman–Crippen LogP) is 1.77. The number of nitrogens with one attached hydrogen (secondary N) is 1. The monoisotopic (exact) mass is 224 g/mol. The smallest absolute Gasteiger partial charge is 0.225 e. The molecule has 1 aromatic rings. The van der Waals surface area contributed by atoms with E-state index in [1.54, 1.807) is 13.2 Å². The maximum Gasteiger partial charge on any atom is 0.225 e. The molecule has 1 unspecified atom stereocenters. The van der Waals surface area contributed by atoms with Crippen molar-refractivity contribution in [3.8, 4) is 5.88 Å². The maximum absolute atomic E-state index is 5.56. The fraction of sp³-hybridized carbons (Fsp3) is 0.636. The summed E-state index contributed by atoms with van der Waals surface area (Å²) < 4.78 is 5.02. The van der Waals surface area contributed by atoms with Gasteiger partial charge in [0.2, 0.25) is 11.8 Å². The van der Waals surface area contributed by atoms with Crippen molar-refractivity contribution in [3.63, 3.8) is 0 Å². The first-order valence-electron chi connectivity index (χ1n) is 5.45. The number of ether oxygens (including phenoxy) is 1. The number of nitrogen functional groups attached to an aromatic ring is 1. The van der Waals surface area contributed by atoms with Gasteiger partial charge in [-0.05, 0) is 11.8 Å². The minimum Gasteiger partial charge on any atom is -0.481 e. The van der Waals surface area contributed by atoms with E-state index >= 15 is 0 Å². The van der Waals surface area contributed by atoms with Gasteiger partial charge in [-0.15, -0.1) is 0 Å². The molecule has 0 radical (unpaired) electrons. The molecule has 5 heteroatoms. The van der Waals surface area contributed by atoms with Crippen LogP contribution in [-0.4, -0.2) is 23.6 Å². The molecule has 1 aromatic heterocycles. The zero-order valence-electron chi connectivity index (χ0n) is 10.3. The molecule has 3 N–H and O–H groups in total. The van der Waals surface area contributed by atoms with Crippen molar-refractivity contribution < 1.29 is 4.74 Å². The standard InChI is InChI=1S/C11H20N4O/c1-7(2)8(3)6-13-9-5-10(16-4)15-11(12)14-9/h5,7-8H,6H2,1-4H3,(H3,12,13,14,15). The SMILES string of the molecule is COc1cc(NCC(C)C(C)C)nc(N)n1. The van der Waals surface area contributed by atoms with E-state index in [1.165, 1.54) is 0 Å². The molecule has 0 aromatic carbocycles. The van der Waals surface area contributed by atoms with E-state index in [0.717, 1.165) is 6.54 Å². The third-order valence-electron chi connectivity index (χ3n) is 2.67. The average Bonchev–Trinajstić information content (AvgIpc) is 2.24. The highest BCUT2D eigenvalue weighted by Crippen LogP contribution is 2.16. The second-order valence-corrected chi connectivity index (χ2v) is 4.26. The number of hydrogen-bond donors (Lipinski definition) is 2. The van der Waals surface area contributed by atoms with Crippen molar-refractivity contribution in [2.24, 2.45) is 11.8 Å². The summed E-state index contributed by atoms with van der Waals surface area (Å²) in [6, 6.07) is 1.74. The molecule has 0 aliphatic rings. The number of nitrogens with two attached hydrogens (primary N) is 1. The van der Waals surface area contributed by atoms with Gasteiger partial charge in [0.15, 0.2) is 0 Å². The molecule has 16 heavy (non-hydrogen) atoms. The molecule has 0 spiro atoms. The molecule has 5 nitrogen and oxygen atoms in total. The van der Waals surface area contributed by atoms with Crippen LogP contribution in [0.2, 0.25) is 0 Å². The quantitative estimate of drug-likeness (QED) is 0.797. The van der Waals surface area contributed by atoms with E-state index in [2.05, 4.69) is 36.1 Å². The summed E-state index contributed by atoms with van der Waals surface area (Å²) in [6.45, 7) is 7.44. The fourth-order valence-corrected chi connectivity index (χ4v) is 1.14. The van der Waals surface area contributed by atoms with Gasteiger partial charge in [0.05, 0.1) is 7.11 Å². The number of methoxy groups -OCH3 is 1. The highest BCUT2D eigenvalue weighted by atomic mass is 16.5. The molecular weight excluding hydrogens is 204 g/mol. The third-order valence-corrected chi connectivity index (χ3v) is 2.67. The van der Waals surface area contributed by atoms with Crippen molar-refractivity contribution >= 4 is 11.8 Å². The van der Waals surface area contributed by atoms with Gasteiger partial charge in [-0.1, -0.05) is 20.8 Å². The Morgan fingerprint density at radius 3 is 2.62 bits per heavy atom. The van der Waals surface area contributed by atoms with Crippen molar-refractivity contribution in [1.29, 1.82) is 0 Å². The zero-order chi connectivity index (χ0) is 12.1. The van der Waals surface area contributed by atoms with Crippen LogP contribution in [0.25, 0.3) is 0 Å². The lowest BCUT2D eigenvalue weighted by molar-refractivity contribution is 0.397. The molecule has 90 valence electrons. The molecule has 0 fully saturated rings. The Morgan fingerprint density at radius 2 is 2.06 bits per heavy atom. The van der Waals surface area contributed by atoms with E-state index in [1.807, 2.05) is 0 Å². The Bertz CT molecular complexity index is 341. The highest BCUT2D eigenvalue weighted by molar-refractivity contribution is 5.42. The van der Waals surface area contributed by atoms with E-state index in [0.29, 0.717) is 23.5 Å². The van der Waals surface area contributed by atoms with Crippen molar-refractivity contribution in [1.82, 2.24) is 9.97 Å². The van der Waals surface area contributed by atoms with Gasteiger partial charge in [-0.3, -0.25) is 0 Å². The molecule has 0 saturated heterocycles. The number of hydrogen-bond acceptors (Lipinski definition) is 5. The first-order valence-corrected chi connectivity index (χ1v) is 5.45. The van der Waals surface area contributed by atoms with Crippen LogP contribution in [0.4, 0.5) is 11.8 Å². The lowest BCUT2D eigenvalue weighted by Crippen LogP contribution is -2.17. The Balaban J connectivity index is 2.63. The minimum absolute atomic E-state index is 0.221. The normalized spacial score (nSPS) is 12.6. The van der Waals surface area contributed by atoms with Crippen LogP contribution in [0.15, 0.2) is 6.07 Å². The zero-order valence-corrected chi connectivity index (χ0v) is 10.3. The number of nitrogens with zero attached hydrogens (tertiary/aromatic N) is 2. The molecule has 1 heterocycles. The summed E-state index contributed by atoms with van der Waals surface area (Å²) in [5, 5.41) is 3.23. The van der Waals surface area contributed by atoms with Gasteiger partial charge in [0.1, 0.15) is 5.82 Å². The summed E-state index contributed by atoms with van der Waals surface area (Å²) in [4.78, 5) is 8.01. The van der Waals surface area contributed by atoms with Gasteiger partial charge in [-0.2, -0.15) is 9.97 Å². The predicted molar refractivity (Wildman–Crippen MR) is 65.5 cm³/mol. The van der Waals surface area contributed by atoms with Crippen LogP contribution in [0.3, 0.4) is 0 Å². The summed E-state index contributed by atoms with van der Waals surface area (Å²) >= 11 is 0. The first-order chi connectivity index (χ1) is 7.52. The molecular formula is C11H20N4O. The van der Waals surface area contributed by atoms with Crippen LogP contribution < -0.4 is 15.8 Å². The van der Waals surface area contributed by atoms with E-state index < -0.39 is 0 Å². The molecule has 0 aliphatic heterocycles. The largest absolute Gasteiger partial charge is 0.481 e. The maximum atomic E-state index is 5.56. The van der Waals surface area contributed by atoms with E-state index in [4.69, 9.17) is 10.5 Å². The molecule has 1 atom stereocenters. The summed E-state index contributed by atoms with van der Waals surface area (Å²) in [5.74, 6) is 2.61. The fourth-order valence-electron chi connectivity index (χ4n) is 1.14. The van der Waals surface area contributed by atoms with Gasteiger partial charge in [-0.25, -0.2) is 0 Å². The summed E-state index contributed by atoms with van der Waals surface area (Å²) in [5.41, 5.74) is 5.56. The van der Waals surface area contributed by atoms with E-state index in [-0.39, 0.29) is 5.95 Å². The lowest BCUT2D eigenvalue weighted by atomic mass is 9.98. The van der Waals surface area contributed by atoms with Crippen LogP contribution in [0.1, 0.15) is 20.8 Å².